The molecular weight excluding hydrogens is 386 g/mol. The quantitative estimate of drug-likeness (QED) is 0.583. The van der Waals surface area contributed by atoms with Gasteiger partial charge in [-0.25, -0.2) is 0 Å². The number of benzene rings is 1. The Hall–Kier alpha value is -2.77. The third-order valence-corrected chi connectivity index (χ3v) is 5.11. The van der Waals surface area contributed by atoms with Crippen molar-refractivity contribution in [3.63, 3.8) is 0 Å². The summed E-state index contributed by atoms with van der Waals surface area (Å²) in [4.78, 5) is 26.1. The summed E-state index contributed by atoms with van der Waals surface area (Å²) in [5.74, 6) is -0.270. The average molecular weight is 404 g/mol. The Morgan fingerprint density at radius 1 is 1.29 bits per heavy atom. The van der Waals surface area contributed by atoms with Crippen molar-refractivity contribution in [1.29, 1.82) is 0 Å². The highest BCUT2D eigenvalue weighted by Gasteiger charge is 2.34. The number of fused-ring (bicyclic) bond motifs is 1. The molecule has 0 aliphatic heterocycles. The first-order valence-corrected chi connectivity index (χ1v) is 9.28. The molecule has 0 saturated heterocycles. The van der Waals surface area contributed by atoms with Gasteiger partial charge >= 0.3 is 5.97 Å². The van der Waals surface area contributed by atoms with Gasteiger partial charge in [-0.05, 0) is 31.0 Å². The third kappa shape index (κ3) is 3.63. The van der Waals surface area contributed by atoms with Gasteiger partial charge in [0.05, 0.1) is 34.6 Å². The van der Waals surface area contributed by atoms with Gasteiger partial charge < -0.3 is 24.0 Å². The molecule has 2 aromatic heterocycles. The van der Waals surface area contributed by atoms with Gasteiger partial charge in [-0.3, -0.25) is 9.59 Å². The van der Waals surface area contributed by atoms with E-state index in [0.29, 0.717) is 52.6 Å². The standard InChI is InChI=1S/C20H18ClNO6/c21-15-3-1-2-13-16(23)10-17(28-18(13)15)14-4-5-22-19(14)27-7-6-26-12-8-11(9-12)20(24)25/h1-5,10-12,22H,6-9H2,(H,24,25). The fourth-order valence-electron chi connectivity index (χ4n) is 3.21. The van der Waals surface area contributed by atoms with Gasteiger partial charge in [0.1, 0.15) is 12.4 Å². The predicted octanol–water partition coefficient (Wildman–Crippen LogP) is 3.70. The molecule has 3 aromatic rings. The lowest BCUT2D eigenvalue weighted by Gasteiger charge is -2.31. The first-order chi connectivity index (χ1) is 13.5. The van der Waals surface area contributed by atoms with E-state index in [1.165, 1.54) is 6.07 Å². The van der Waals surface area contributed by atoms with Crippen LogP contribution in [0, 0.1) is 5.92 Å². The number of hydrogen-bond acceptors (Lipinski definition) is 5. The summed E-state index contributed by atoms with van der Waals surface area (Å²) in [5, 5.41) is 9.65. The van der Waals surface area contributed by atoms with Crippen molar-refractivity contribution in [3.8, 4) is 17.2 Å². The zero-order valence-electron chi connectivity index (χ0n) is 14.8. The van der Waals surface area contributed by atoms with Gasteiger partial charge in [0, 0.05) is 12.3 Å². The van der Waals surface area contributed by atoms with Crippen LogP contribution in [0.1, 0.15) is 12.8 Å². The number of H-pyrrole nitrogens is 1. The van der Waals surface area contributed by atoms with E-state index in [1.54, 1.807) is 30.5 Å². The SMILES string of the molecule is O=C(O)C1CC(OCCOc2[nH]ccc2-c2cc(=O)c3cccc(Cl)c3o2)C1. The molecule has 0 spiro atoms. The highest BCUT2D eigenvalue weighted by atomic mass is 35.5. The van der Waals surface area contributed by atoms with Crippen molar-refractivity contribution in [3.05, 3.63) is 51.8 Å². The monoisotopic (exact) mass is 403 g/mol. The summed E-state index contributed by atoms with van der Waals surface area (Å²) in [6.45, 7) is 0.614. The molecule has 1 fully saturated rings. The van der Waals surface area contributed by atoms with E-state index in [0.717, 1.165) is 0 Å². The Morgan fingerprint density at radius 3 is 2.89 bits per heavy atom. The Balaban J connectivity index is 1.42. The fraction of sp³-hybridized carbons (Fsp3) is 0.300. The minimum absolute atomic E-state index is 0.0338. The summed E-state index contributed by atoms with van der Waals surface area (Å²) in [6, 6.07) is 8.19. The second-order valence-corrected chi connectivity index (χ2v) is 7.07. The fourth-order valence-corrected chi connectivity index (χ4v) is 3.42. The van der Waals surface area contributed by atoms with E-state index in [9.17, 15) is 9.59 Å². The molecule has 4 rings (SSSR count). The zero-order chi connectivity index (χ0) is 19.7. The van der Waals surface area contributed by atoms with Gasteiger partial charge in [0.2, 0.25) is 5.88 Å². The Morgan fingerprint density at radius 2 is 2.11 bits per heavy atom. The lowest BCUT2D eigenvalue weighted by molar-refractivity contribution is -0.151. The minimum Gasteiger partial charge on any atom is -0.481 e. The minimum atomic E-state index is -0.774. The van der Waals surface area contributed by atoms with Crippen molar-refractivity contribution < 1.29 is 23.8 Å². The number of carboxylic acid groups (broad SMARTS) is 1. The second-order valence-electron chi connectivity index (χ2n) is 6.66. The molecule has 0 unspecified atom stereocenters. The van der Waals surface area contributed by atoms with Crippen molar-refractivity contribution >= 4 is 28.5 Å². The highest BCUT2D eigenvalue weighted by Crippen LogP contribution is 2.32. The Kier molecular flexibility index (Phi) is 5.11. The van der Waals surface area contributed by atoms with Crippen molar-refractivity contribution in [2.45, 2.75) is 18.9 Å². The van der Waals surface area contributed by atoms with Crippen LogP contribution in [0.5, 0.6) is 5.88 Å². The number of hydrogen-bond donors (Lipinski definition) is 2. The summed E-state index contributed by atoms with van der Waals surface area (Å²) in [5.41, 5.74) is 0.751. The largest absolute Gasteiger partial charge is 0.481 e. The highest BCUT2D eigenvalue weighted by molar-refractivity contribution is 6.34. The van der Waals surface area contributed by atoms with Gasteiger partial charge in [-0.1, -0.05) is 17.7 Å². The maximum Gasteiger partial charge on any atom is 0.306 e. The molecule has 0 atom stereocenters. The van der Waals surface area contributed by atoms with Crippen LogP contribution < -0.4 is 10.2 Å². The van der Waals surface area contributed by atoms with Crippen LogP contribution in [0.25, 0.3) is 22.3 Å². The molecule has 8 heteroatoms. The maximum atomic E-state index is 12.4. The number of aromatic amines is 1. The van der Waals surface area contributed by atoms with Gasteiger partial charge in [-0.15, -0.1) is 0 Å². The number of aromatic nitrogens is 1. The molecule has 0 amide bonds. The lowest BCUT2D eigenvalue weighted by atomic mass is 9.82. The van der Waals surface area contributed by atoms with Crippen LogP contribution in [0.3, 0.4) is 0 Å². The van der Waals surface area contributed by atoms with Crippen LogP contribution in [0.4, 0.5) is 0 Å². The zero-order valence-corrected chi connectivity index (χ0v) is 15.6. The number of halogens is 1. The van der Waals surface area contributed by atoms with E-state index in [-0.39, 0.29) is 24.1 Å². The van der Waals surface area contributed by atoms with Gasteiger partial charge in [0.15, 0.2) is 11.0 Å². The van der Waals surface area contributed by atoms with Crippen molar-refractivity contribution in [2.24, 2.45) is 5.92 Å². The Bertz CT molecular complexity index is 1070. The number of nitrogens with one attached hydrogen (secondary N) is 1. The van der Waals surface area contributed by atoms with E-state index in [4.69, 9.17) is 30.6 Å². The van der Waals surface area contributed by atoms with Crippen LogP contribution in [0.2, 0.25) is 5.02 Å². The van der Waals surface area contributed by atoms with Gasteiger partial charge in [0.25, 0.3) is 0 Å². The molecule has 7 nitrogen and oxygen atoms in total. The maximum absolute atomic E-state index is 12.4. The molecule has 0 bridgehead atoms. The molecule has 1 aliphatic carbocycles. The number of aliphatic carboxylic acids is 1. The van der Waals surface area contributed by atoms with Crippen molar-refractivity contribution in [1.82, 2.24) is 4.98 Å². The average Bonchev–Trinajstić information content (AvgIpc) is 3.09. The van der Waals surface area contributed by atoms with Crippen LogP contribution >= 0.6 is 11.6 Å². The van der Waals surface area contributed by atoms with Gasteiger partial charge in [-0.2, -0.15) is 0 Å². The van der Waals surface area contributed by atoms with Crippen LogP contribution in [0.15, 0.2) is 45.7 Å². The molecule has 0 radical (unpaired) electrons. The molecule has 1 aromatic carbocycles. The molecule has 1 saturated carbocycles. The first-order valence-electron chi connectivity index (χ1n) is 8.90. The number of carbonyl (C=O) groups is 1. The topological polar surface area (TPSA) is 102 Å². The molecule has 146 valence electrons. The summed E-state index contributed by atoms with van der Waals surface area (Å²) in [6.07, 6.45) is 2.72. The molecule has 28 heavy (non-hydrogen) atoms. The summed E-state index contributed by atoms with van der Waals surface area (Å²) < 4.78 is 17.2. The normalized spacial score (nSPS) is 18.8. The molecular formula is C20H18ClNO6. The third-order valence-electron chi connectivity index (χ3n) is 4.81. The summed E-state index contributed by atoms with van der Waals surface area (Å²) in [7, 11) is 0. The first kappa shape index (κ1) is 18.6. The molecule has 2 heterocycles. The van der Waals surface area contributed by atoms with E-state index >= 15 is 0 Å². The summed E-state index contributed by atoms with van der Waals surface area (Å²) >= 11 is 6.16. The number of para-hydroxylation sites is 1. The Labute approximate surface area is 164 Å². The van der Waals surface area contributed by atoms with E-state index in [1.807, 2.05) is 0 Å². The van der Waals surface area contributed by atoms with E-state index in [2.05, 4.69) is 4.98 Å². The number of carboxylic acids is 1. The van der Waals surface area contributed by atoms with E-state index < -0.39 is 5.97 Å². The molecule has 1 aliphatic rings. The van der Waals surface area contributed by atoms with Crippen molar-refractivity contribution in [2.75, 3.05) is 13.2 Å². The lowest BCUT2D eigenvalue weighted by Crippen LogP contribution is -2.37. The van der Waals surface area contributed by atoms with Crippen LogP contribution in [-0.4, -0.2) is 35.4 Å². The predicted molar refractivity (Wildman–Crippen MR) is 103 cm³/mol. The smallest absolute Gasteiger partial charge is 0.306 e. The van der Waals surface area contributed by atoms with Crippen LogP contribution in [-0.2, 0) is 9.53 Å². The number of rotatable bonds is 7. The second kappa shape index (κ2) is 7.69. The number of ether oxygens (including phenoxy) is 2. The molecule has 2 N–H and O–H groups in total.